The highest BCUT2D eigenvalue weighted by molar-refractivity contribution is 4.94. The summed E-state index contributed by atoms with van der Waals surface area (Å²) in [5.41, 5.74) is 1.19. The zero-order valence-corrected chi connectivity index (χ0v) is 8.55. The van der Waals surface area contributed by atoms with Crippen LogP contribution in [0.15, 0.2) is 12.3 Å². The molecule has 66 valence electrons. The molecule has 0 aromatic carbocycles. The fourth-order valence-corrected chi connectivity index (χ4v) is 0.440. The van der Waals surface area contributed by atoms with Crippen molar-refractivity contribution >= 4 is 0 Å². The van der Waals surface area contributed by atoms with Crippen LogP contribution >= 0.6 is 0 Å². The molecule has 0 fully saturated rings. The smallest absolute Gasteiger partial charge is 0.0492 e. The molecule has 0 aliphatic rings. The van der Waals surface area contributed by atoms with Crippen LogP contribution in [0.5, 0.6) is 0 Å². The molecule has 1 aromatic heterocycles. The summed E-state index contributed by atoms with van der Waals surface area (Å²) in [6.45, 7) is 10.0. The molecule has 0 radical (unpaired) electrons. The van der Waals surface area contributed by atoms with Gasteiger partial charge in [0.2, 0.25) is 0 Å². The molecular weight excluding hydrogens is 136 g/mol. The number of rotatable bonds is 0. The summed E-state index contributed by atoms with van der Waals surface area (Å²) in [6, 6.07) is 1.97. The van der Waals surface area contributed by atoms with Crippen molar-refractivity contribution in [3.63, 3.8) is 0 Å². The van der Waals surface area contributed by atoms with Crippen molar-refractivity contribution in [2.24, 2.45) is 7.05 Å². The van der Waals surface area contributed by atoms with Gasteiger partial charge in [-0.05, 0) is 13.0 Å². The molecule has 0 unspecified atom stereocenters. The SMILES string of the molecule is CC.CC.Cc1ccnn1C. The van der Waals surface area contributed by atoms with Crippen LogP contribution < -0.4 is 0 Å². The number of hydrogen-bond donors (Lipinski definition) is 0. The quantitative estimate of drug-likeness (QED) is 0.564. The molecule has 0 saturated carbocycles. The van der Waals surface area contributed by atoms with E-state index >= 15 is 0 Å². The molecule has 0 spiro atoms. The third kappa shape index (κ3) is 5.64. The predicted octanol–water partition coefficient (Wildman–Crippen LogP) is 2.78. The van der Waals surface area contributed by atoms with Gasteiger partial charge in [0.25, 0.3) is 0 Å². The zero-order valence-electron chi connectivity index (χ0n) is 8.55. The van der Waals surface area contributed by atoms with Gasteiger partial charge >= 0.3 is 0 Å². The topological polar surface area (TPSA) is 17.8 Å². The van der Waals surface area contributed by atoms with E-state index in [2.05, 4.69) is 5.10 Å². The molecule has 11 heavy (non-hydrogen) atoms. The van der Waals surface area contributed by atoms with Crippen LogP contribution in [0.3, 0.4) is 0 Å². The minimum atomic E-state index is 1.19. The Morgan fingerprint density at radius 2 is 1.64 bits per heavy atom. The molecule has 0 amide bonds. The van der Waals surface area contributed by atoms with Gasteiger partial charge in [0, 0.05) is 18.9 Å². The lowest BCUT2D eigenvalue weighted by Crippen LogP contribution is -1.90. The highest BCUT2D eigenvalue weighted by Gasteiger charge is 1.83. The molecule has 2 heteroatoms. The van der Waals surface area contributed by atoms with Crippen LogP contribution in [-0.4, -0.2) is 9.78 Å². The number of nitrogens with zero attached hydrogens (tertiary/aromatic N) is 2. The number of hydrogen-bond acceptors (Lipinski definition) is 1. The summed E-state index contributed by atoms with van der Waals surface area (Å²) in [5.74, 6) is 0. The molecule has 1 aromatic rings. The van der Waals surface area contributed by atoms with Crippen molar-refractivity contribution in [2.45, 2.75) is 34.6 Å². The molecule has 1 rings (SSSR count). The van der Waals surface area contributed by atoms with Crippen LogP contribution in [0.25, 0.3) is 0 Å². The van der Waals surface area contributed by atoms with E-state index in [9.17, 15) is 0 Å². The van der Waals surface area contributed by atoms with Crippen LogP contribution in [0.4, 0.5) is 0 Å². The second kappa shape index (κ2) is 9.21. The van der Waals surface area contributed by atoms with E-state index in [0.29, 0.717) is 0 Å². The maximum atomic E-state index is 3.93. The highest BCUT2D eigenvalue weighted by Crippen LogP contribution is 1.88. The first-order valence-corrected chi connectivity index (χ1v) is 4.25. The summed E-state index contributed by atoms with van der Waals surface area (Å²) < 4.78 is 1.83. The Hall–Kier alpha value is -0.790. The molecule has 1 heterocycles. The second-order valence-corrected chi connectivity index (χ2v) is 1.60. The van der Waals surface area contributed by atoms with Crippen molar-refractivity contribution in [1.82, 2.24) is 9.78 Å². The third-order valence-corrected chi connectivity index (χ3v) is 1.07. The van der Waals surface area contributed by atoms with Crippen LogP contribution in [0, 0.1) is 6.92 Å². The van der Waals surface area contributed by atoms with E-state index in [4.69, 9.17) is 0 Å². The number of aryl methyl sites for hydroxylation is 2. The largest absolute Gasteiger partial charge is 0.273 e. The van der Waals surface area contributed by atoms with E-state index in [1.807, 2.05) is 52.4 Å². The molecular formula is C9H20N2. The van der Waals surface area contributed by atoms with Gasteiger partial charge in [-0.1, -0.05) is 27.7 Å². The van der Waals surface area contributed by atoms with Crippen LogP contribution in [0.1, 0.15) is 33.4 Å². The lowest BCUT2D eigenvalue weighted by atomic mass is 10.5. The minimum absolute atomic E-state index is 1.19. The summed E-state index contributed by atoms with van der Waals surface area (Å²) in [7, 11) is 1.93. The lowest BCUT2D eigenvalue weighted by molar-refractivity contribution is 0.740. The molecule has 0 N–H and O–H groups in total. The zero-order chi connectivity index (χ0) is 9.28. The fraction of sp³-hybridized carbons (Fsp3) is 0.667. The van der Waals surface area contributed by atoms with Crippen molar-refractivity contribution in [2.75, 3.05) is 0 Å². The van der Waals surface area contributed by atoms with Gasteiger partial charge < -0.3 is 0 Å². The molecule has 0 saturated heterocycles. The maximum Gasteiger partial charge on any atom is 0.0492 e. The molecule has 2 nitrogen and oxygen atoms in total. The standard InChI is InChI=1S/C5H8N2.2C2H6/c1-5-3-4-6-7(5)2;2*1-2/h3-4H,1-2H3;2*1-2H3. The van der Waals surface area contributed by atoms with Crippen molar-refractivity contribution in [3.8, 4) is 0 Å². The summed E-state index contributed by atoms with van der Waals surface area (Å²) >= 11 is 0. The van der Waals surface area contributed by atoms with Gasteiger partial charge in [0.05, 0.1) is 0 Å². The Kier molecular flexibility index (Phi) is 10.8. The van der Waals surface area contributed by atoms with Crippen molar-refractivity contribution in [3.05, 3.63) is 18.0 Å². The molecule has 0 aliphatic heterocycles. The Labute approximate surface area is 70.2 Å². The molecule has 0 atom stereocenters. The van der Waals surface area contributed by atoms with Gasteiger partial charge in [-0.3, -0.25) is 4.68 Å². The summed E-state index contributed by atoms with van der Waals surface area (Å²) in [6.07, 6.45) is 1.79. The van der Waals surface area contributed by atoms with Gasteiger partial charge in [-0.25, -0.2) is 0 Å². The fourth-order valence-electron chi connectivity index (χ4n) is 0.440. The van der Waals surface area contributed by atoms with E-state index in [1.54, 1.807) is 6.20 Å². The predicted molar refractivity (Wildman–Crippen MR) is 50.6 cm³/mol. The number of aromatic nitrogens is 2. The Morgan fingerprint density at radius 3 is 1.73 bits per heavy atom. The normalized spacial score (nSPS) is 7.09. The molecule has 0 aliphatic carbocycles. The Bertz CT molecular complexity index is 140. The van der Waals surface area contributed by atoms with Gasteiger partial charge in [0.15, 0.2) is 0 Å². The first kappa shape index (κ1) is 12.8. The van der Waals surface area contributed by atoms with Crippen molar-refractivity contribution in [1.29, 1.82) is 0 Å². The van der Waals surface area contributed by atoms with Gasteiger partial charge in [-0.15, -0.1) is 0 Å². The van der Waals surface area contributed by atoms with Gasteiger partial charge in [-0.2, -0.15) is 5.10 Å². The van der Waals surface area contributed by atoms with Gasteiger partial charge in [0.1, 0.15) is 0 Å². The average molecular weight is 156 g/mol. The average Bonchev–Trinajstić information content (AvgIpc) is 2.44. The van der Waals surface area contributed by atoms with E-state index in [1.165, 1.54) is 5.69 Å². The third-order valence-electron chi connectivity index (χ3n) is 1.07. The highest BCUT2D eigenvalue weighted by atomic mass is 15.2. The monoisotopic (exact) mass is 156 g/mol. The van der Waals surface area contributed by atoms with E-state index < -0.39 is 0 Å². The maximum absolute atomic E-state index is 3.93. The first-order valence-electron chi connectivity index (χ1n) is 4.25. The summed E-state index contributed by atoms with van der Waals surface area (Å²) in [4.78, 5) is 0. The van der Waals surface area contributed by atoms with E-state index in [0.717, 1.165) is 0 Å². The van der Waals surface area contributed by atoms with Crippen molar-refractivity contribution < 1.29 is 0 Å². The summed E-state index contributed by atoms with van der Waals surface area (Å²) in [5, 5.41) is 3.93. The first-order chi connectivity index (χ1) is 5.30. The van der Waals surface area contributed by atoms with E-state index in [-0.39, 0.29) is 0 Å². The lowest BCUT2D eigenvalue weighted by Gasteiger charge is -1.87. The molecule has 0 bridgehead atoms. The Morgan fingerprint density at radius 1 is 1.18 bits per heavy atom. The second-order valence-electron chi connectivity index (χ2n) is 1.60. The Balaban J connectivity index is 0. The minimum Gasteiger partial charge on any atom is -0.273 e. The van der Waals surface area contributed by atoms with Crippen LogP contribution in [0.2, 0.25) is 0 Å². The van der Waals surface area contributed by atoms with Crippen LogP contribution in [-0.2, 0) is 7.05 Å².